The van der Waals surface area contributed by atoms with Crippen molar-refractivity contribution in [3.8, 4) is 0 Å². The van der Waals surface area contributed by atoms with E-state index in [9.17, 15) is 0 Å². The van der Waals surface area contributed by atoms with E-state index in [1.165, 1.54) is 205 Å². The lowest BCUT2D eigenvalue weighted by molar-refractivity contribution is -0.697. The maximum Gasteiger partial charge on any atom is 0.169 e. The van der Waals surface area contributed by atoms with Crippen LogP contribution in [0, 0.1) is 0 Å². The molecule has 42 heavy (non-hydrogen) atoms. The van der Waals surface area contributed by atoms with Crippen molar-refractivity contribution in [1.29, 1.82) is 0 Å². The van der Waals surface area contributed by atoms with E-state index in [4.69, 9.17) is 0 Å². The molecule has 0 saturated heterocycles. The summed E-state index contributed by atoms with van der Waals surface area (Å²) in [6.07, 6.45) is 51.7. The van der Waals surface area contributed by atoms with Crippen LogP contribution in [-0.2, 0) is 13.0 Å². The van der Waals surface area contributed by atoms with Crippen LogP contribution in [0.2, 0.25) is 0 Å². The van der Waals surface area contributed by atoms with E-state index in [-0.39, 0.29) is 12.4 Å². The molecule has 1 rings (SSSR count). The van der Waals surface area contributed by atoms with Crippen molar-refractivity contribution < 1.29 is 17.0 Å². The Hall–Kier alpha value is -0.820. The summed E-state index contributed by atoms with van der Waals surface area (Å²) in [6, 6.07) is 4.73. The Bertz CT molecular complexity index is 652. The second-order valence-corrected chi connectivity index (χ2v) is 13.1. The Morgan fingerprint density at radius 1 is 0.429 bits per heavy atom. The molecule has 1 aromatic rings. The third kappa shape index (κ3) is 29.3. The first-order chi connectivity index (χ1) is 20.4. The van der Waals surface area contributed by atoms with Crippen molar-refractivity contribution in [2.45, 2.75) is 213 Å². The molecule has 0 unspecified atom stereocenters. The molecule has 1 aromatic heterocycles. The molecule has 0 aliphatic carbocycles. The molecule has 0 radical (unpaired) electrons. The lowest BCUT2D eigenvalue weighted by Crippen LogP contribution is -3.00. The largest absolute Gasteiger partial charge is 1.00 e. The quantitative estimate of drug-likeness (QED) is 0.0438. The van der Waals surface area contributed by atoms with Gasteiger partial charge in [0.2, 0.25) is 0 Å². The number of hydrogen-bond donors (Lipinski definition) is 0. The van der Waals surface area contributed by atoms with Gasteiger partial charge in [0.1, 0.15) is 6.54 Å². The van der Waals surface area contributed by atoms with Crippen LogP contribution in [0.1, 0.15) is 206 Å². The van der Waals surface area contributed by atoms with Crippen LogP contribution in [0.25, 0.3) is 0 Å². The highest BCUT2D eigenvalue weighted by Gasteiger charge is 2.02. The highest BCUT2D eigenvalue weighted by Crippen LogP contribution is 2.14. The predicted molar refractivity (Wildman–Crippen MR) is 185 cm³/mol. The van der Waals surface area contributed by atoms with Crippen LogP contribution in [0.15, 0.2) is 36.7 Å². The second-order valence-electron chi connectivity index (χ2n) is 13.1. The fourth-order valence-corrected chi connectivity index (χ4v) is 6.05. The Balaban J connectivity index is 0.0000168. The monoisotopic (exact) mass is 604 g/mol. The molecule has 246 valence electrons. The summed E-state index contributed by atoms with van der Waals surface area (Å²) < 4.78 is 2.39. The van der Waals surface area contributed by atoms with Crippen LogP contribution < -0.4 is 17.0 Å². The van der Waals surface area contributed by atoms with Gasteiger partial charge in [0.05, 0.1) is 0 Å². The van der Waals surface area contributed by atoms with E-state index in [0.29, 0.717) is 0 Å². The van der Waals surface area contributed by atoms with Crippen molar-refractivity contribution in [3.63, 3.8) is 0 Å². The van der Waals surface area contributed by atoms with E-state index in [2.05, 4.69) is 55.1 Å². The summed E-state index contributed by atoms with van der Waals surface area (Å²) in [5, 5.41) is 0. The molecule has 0 spiro atoms. The zero-order chi connectivity index (χ0) is 29.3. The lowest BCUT2D eigenvalue weighted by Gasteiger charge is -2.04. The average molecular weight is 604 g/mol. The molecule has 0 bridgehead atoms. The van der Waals surface area contributed by atoms with Crippen LogP contribution in [0.4, 0.5) is 0 Å². The molecular weight excluding hydrogens is 530 g/mol. The Morgan fingerprint density at radius 2 is 0.762 bits per heavy atom. The molecule has 0 amide bonds. The third-order valence-electron chi connectivity index (χ3n) is 8.96. The summed E-state index contributed by atoms with van der Waals surface area (Å²) in [4.78, 5) is 0. The third-order valence-corrected chi connectivity index (χ3v) is 8.96. The van der Waals surface area contributed by atoms with Crippen LogP contribution in [0.3, 0.4) is 0 Å². The van der Waals surface area contributed by atoms with Gasteiger partial charge in [-0.2, -0.15) is 0 Å². The summed E-state index contributed by atoms with van der Waals surface area (Å²) in [6.45, 7) is 5.78. The number of hydrogen-bond acceptors (Lipinski definition) is 0. The SMILES string of the molecule is CCCCCCCC/C=C\CCCCCCCC[n+]1ccc(CCCCCCCCCCCCCCCCC)cc1.[Cl-]. The van der Waals surface area contributed by atoms with Crippen LogP contribution in [-0.4, -0.2) is 0 Å². The van der Waals surface area contributed by atoms with Crippen molar-refractivity contribution in [2.75, 3.05) is 0 Å². The minimum Gasteiger partial charge on any atom is -1.00 e. The van der Waals surface area contributed by atoms with Gasteiger partial charge in [-0.3, -0.25) is 0 Å². The smallest absolute Gasteiger partial charge is 0.169 e. The van der Waals surface area contributed by atoms with Gasteiger partial charge in [-0.25, -0.2) is 4.57 Å². The predicted octanol–water partition coefficient (Wildman–Crippen LogP) is 10.4. The number of aromatic nitrogens is 1. The minimum atomic E-state index is 0. The number of nitrogens with zero attached hydrogens (tertiary/aromatic N) is 1. The average Bonchev–Trinajstić information content (AvgIpc) is 2.99. The van der Waals surface area contributed by atoms with Gasteiger partial charge < -0.3 is 12.4 Å². The van der Waals surface area contributed by atoms with Crippen LogP contribution in [0.5, 0.6) is 0 Å². The zero-order valence-electron chi connectivity index (χ0n) is 28.7. The molecule has 0 atom stereocenters. The summed E-state index contributed by atoms with van der Waals surface area (Å²) >= 11 is 0. The summed E-state index contributed by atoms with van der Waals surface area (Å²) in [5.41, 5.74) is 1.52. The van der Waals surface area contributed by atoms with E-state index in [1.807, 2.05) is 0 Å². The van der Waals surface area contributed by atoms with Gasteiger partial charge in [0.25, 0.3) is 0 Å². The van der Waals surface area contributed by atoms with Crippen LogP contribution >= 0.6 is 0 Å². The number of allylic oxidation sites excluding steroid dienone is 2. The Labute approximate surface area is 271 Å². The van der Waals surface area contributed by atoms with Gasteiger partial charge in [0.15, 0.2) is 12.4 Å². The number of rotatable bonds is 32. The molecule has 0 N–H and O–H groups in total. The minimum absolute atomic E-state index is 0. The zero-order valence-corrected chi connectivity index (χ0v) is 29.5. The number of halogens is 1. The van der Waals surface area contributed by atoms with E-state index >= 15 is 0 Å². The number of aryl methyl sites for hydroxylation is 2. The molecule has 1 heterocycles. The fraction of sp³-hybridized carbons (Fsp3) is 0.825. The molecule has 1 nitrogen and oxygen atoms in total. The Kier molecular flexibility index (Phi) is 34.0. The first kappa shape index (κ1) is 41.2. The lowest BCUT2D eigenvalue weighted by atomic mass is 10.0. The number of pyridine rings is 1. The molecule has 0 aromatic carbocycles. The van der Waals surface area contributed by atoms with Crippen molar-refractivity contribution >= 4 is 0 Å². The highest BCUT2D eigenvalue weighted by molar-refractivity contribution is 5.07. The van der Waals surface area contributed by atoms with Gasteiger partial charge in [0, 0.05) is 18.6 Å². The fourth-order valence-electron chi connectivity index (χ4n) is 6.05. The maximum absolute atomic E-state index is 2.44. The normalized spacial score (nSPS) is 11.4. The van der Waals surface area contributed by atoms with E-state index in [0.717, 1.165) is 0 Å². The van der Waals surface area contributed by atoms with E-state index < -0.39 is 0 Å². The van der Waals surface area contributed by atoms with Gasteiger partial charge >= 0.3 is 0 Å². The maximum atomic E-state index is 2.44. The molecule has 2 heteroatoms. The second kappa shape index (κ2) is 34.7. The van der Waals surface area contributed by atoms with Gasteiger partial charge in [-0.15, -0.1) is 0 Å². The van der Waals surface area contributed by atoms with Gasteiger partial charge in [-0.1, -0.05) is 167 Å². The molecule has 0 aliphatic rings. The molecule has 0 aliphatic heterocycles. The number of unbranched alkanes of at least 4 members (excludes halogenated alkanes) is 26. The first-order valence-electron chi connectivity index (χ1n) is 19.0. The molecular formula is C40H74ClN. The summed E-state index contributed by atoms with van der Waals surface area (Å²) in [7, 11) is 0. The van der Waals surface area contributed by atoms with Crippen molar-refractivity contribution in [2.24, 2.45) is 0 Å². The van der Waals surface area contributed by atoms with Crippen molar-refractivity contribution in [3.05, 3.63) is 42.2 Å². The molecule has 0 fully saturated rings. The summed E-state index contributed by atoms with van der Waals surface area (Å²) in [5.74, 6) is 0. The highest BCUT2D eigenvalue weighted by atomic mass is 35.5. The standard InChI is InChI=1S/C40H74N.ClH/c1-3-5-7-9-11-13-15-17-19-21-23-25-27-29-31-33-37-41-38-35-40(36-39-41)34-32-30-28-26-24-22-20-18-16-14-12-10-8-6-4-2;/h17,19,35-36,38-39H,3-16,18,20-34,37H2,1-2H3;1H/q+1;/p-1/b19-17-;. The first-order valence-corrected chi connectivity index (χ1v) is 19.0. The molecule has 0 saturated carbocycles. The van der Waals surface area contributed by atoms with Crippen molar-refractivity contribution in [1.82, 2.24) is 0 Å². The Morgan fingerprint density at radius 3 is 1.17 bits per heavy atom. The van der Waals surface area contributed by atoms with E-state index in [1.54, 1.807) is 0 Å². The topological polar surface area (TPSA) is 3.88 Å². The van der Waals surface area contributed by atoms with Gasteiger partial charge in [-0.05, 0) is 50.5 Å².